The van der Waals surface area contributed by atoms with E-state index in [0.29, 0.717) is 13.1 Å². The highest BCUT2D eigenvalue weighted by molar-refractivity contribution is 7.90. The third-order valence-electron chi connectivity index (χ3n) is 2.99. The Morgan fingerprint density at radius 1 is 1.27 bits per heavy atom. The molecule has 0 fully saturated rings. The predicted molar refractivity (Wildman–Crippen MR) is 62.7 cm³/mol. The zero-order valence-corrected chi connectivity index (χ0v) is 10.7. The molecule has 0 aromatic carbocycles. The summed E-state index contributed by atoms with van der Waals surface area (Å²) in [6, 6.07) is 0. The molecule has 0 saturated carbocycles. The number of hydrogen-bond acceptors (Lipinski definition) is 4. The molecule has 0 unspecified atom stereocenters. The maximum absolute atomic E-state index is 10.9. The minimum atomic E-state index is -2.89. The second kappa shape index (κ2) is 6.45. The first kappa shape index (κ1) is 14.9. The van der Waals surface area contributed by atoms with Gasteiger partial charge in [-0.15, -0.1) is 0 Å². The van der Waals surface area contributed by atoms with Crippen LogP contribution in [0.4, 0.5) is 0 Å². The molecular formula is C10H23NO3S. The molecule has 0 spiro atoms. The van der Waals surface area contributed by atoms with Gasteiger partial charge in [0.1, 0.15) is 9.84 Å². The van der Waals surface area contributed by atoms with Crippen molar-refractivity contribution in [2.24, 2.45) is 5.41 Å². The molecule has 0 saturated heterocycles. The number of rotatable bonds is 8. The van der Waals surface area contributed by atoms with Gasteiger partial charge in [-0.2, -0.15) is 0 Å². The monoisotopic (exact) mass is 237 g/mol. The summed E-state index contributed by atoms with van der Waals surface area (Å²) in [5, 5.41) is 12.4. The molecule has 5 heteroatoms. The Morgan fingerprint density at radius 2 is 1.80 bits per heavy atom. The number of hydrogen-bond donors (Lipinski definition) is 2. The second-order valence-corrected chi connectivity index (χ2v) is 6.43. The van der Waals surface area contributed by atoms with Gasteiger partial charge in [0.25, 0.3) is 0 Å². The van der Waals surface area contributed by atoms with E-state index >= 15 is 0 Å². The van der Waals surface area contributed by atoms with Gasteiger partial charge in [0.15, 0.2) is 0 Å². The van der Waals surface area contributed by atoms with Crippen LogP contribution >= 0.6 is 0 Å². The van der Waals surface area contributed by atoms with E-state index in [1.165, 1.54) is 6.26 Å². The molecule has 0 atom stereocenters. The third-order valence-corrected chi connectivity index (χ3v) is 3.93. The van der Waals surface area contributed by atoms with Gasteiger partial charge in [0, 0.05) is 31.4 Å². The van der Waals surface area contributed by atoms with Crippen molar-refractivity contribution in [3.05, 3.63) is 0 Å². The first-order valence-electron chi connectivity index (χ1n) is 5.38. The Hall–Kier alpha value is -0.130. The lowest BCUT2D eigenvalue weighted by atomic mass is 9.83. The van der Waals surface area contributed by atoms with Gasteiger partial charge in [-0.3, -0.25) is 0 Å². The third kappa shape index (κ3) is 6.12. The summed E-state index contributed by atoms with van der Waals surface area (Å²) in [7, 11) is -2.89. The van der Waals surface area contributed by atoms with Gasteiger partial charge < -0.3 is 10.4 Å². The summed E-state index contributed by atoms with van der Waals surface area (Å²) < 4.78 is 21.7. The highest BCUT2D eigenvalue weighted by atomic mass is 32.2. The molecule has 0 bridgehead atoms. The Balaban J connectivity index is 3.92. The molecule has 92 valence electrons. The van der Waals surface area contributed by atoms with Gasteiger partial charge in [-0.05, 0) is 12.8 Å². The van der Waals surface area contributed by atoms with E-state index in [1.807, 2.05) is 13.8 Å². The highest BCUT2D eigenvalue weighted by Gasteiger charge is 2.24. The van der Waals surface area contributed by atoms with Crippen LogP contribution in [0.15, 0.2) is 0 Å². The topological polar surface area (TPSA) is 66.4 Å². The molecule has 15 heavy (non-hydrogen) atoms. The fraction of sp³-hybridized carbons (Fsp3) is 1.00. The zero-order chi connectivity index (χ0) is 11.9. The van der Waals surface area contributed by atoms with Crippen molar-refractivity contribution in [2.45, 2.75) is 26.7 Å². The lowest BCUT2D eigenvalue weighted by molar-refractivity contribution is 0.114. The van der Waals surface area contributed by atoms with Gasteiger partial charge in [-0.1, -0.05) is 13.8 Å². The predicted octanol–water partition coefficient (Wildman–Crippen LogP) is 0.419. The first-order chi connectivity index (χ1) is 6.89. The highest BCUT2D eigenvalue weighted by Crippen LogP contribution is 2.24. The minimum absolute atomic E-state index is 0.0997. The van der Waals surface area contributed by atoms with Gasteiger partial charge in [0.05, 0.1) is 5.75 Å². The van der Waals surface area contributed by atoms with E-state index in [9.17, 15) is 13.5 Å². The van der Waals surface area contributed by atoms with Crippen LogP contribution in [0, 0.1) is 5.41 Å². The Kier molecular flexibility index (Phi) is 6.40. The fourth-order valence-corrected chi connectivity index (χ4v) is 1.91. The van der Waals surface area contributed by atoms with Crippen molar-refractivity contribution in [2.75, 3.05) is 31.7 Å². The maximum atomic E-state index is 10.9. The summed E-state index contributed by atoms with van der Waals surface area (Å²) in [6.45, 7) is 5.36. The van der Waals surface area contributed by atoms with Crippen molar-refractivity contribution in [1.29, 1.82) is 0 Å². The summed E-state index contributed by atoms with van der Waals surface area (Å²) in [4.78, 5) is 0. The summed E-state index contributed by atoms with van der Waals surface area (Å²) in [5.41, 5.74) is -0.0997. The SMILES string of the molecule is CCC(CC)(CO)CNCCS(C)(=O)=O. The lowest BCUT2D eigenvalue weighted by Crippen LogP contribution is -2.38. The van der Waals surface area contributed by atoms with Crippen molar-refractivity contribution >= 4 is 9.84 Å². The average molecular weight is 237 g/mol. The number of aliphatic hydroxyl groups is 1. The van der Waals surface area contributed by atoms with Crippen LogP contribution in [0.2, 0.25) is 0 Å². The van der Waals surface area contributed by atoms with E-state index in [2.05, 4.69) is 5.32 Å². The van der Waals surface area contributed by atoms with E-state index < -0.39 is 9.84 Å². The summed E-state index contributed by atoms with van der Waals surface area (Å²) in [6.07, 6.45) is 3.02. The Labute approximate surface area is 93.0 Å². The molecule has 0 heterocycles. The molecule has 0 aliphatic carbocycles. The molecule has 0 rings (SSSR count). The second-order valence-electron chi connectivity index (χ2n) is 4.17. The van der Waals surface area contributed by atoms with Crippen LogP contribution in [0.5, 0.6) is 0 Å². The minimum Gasteiger partial charge on any atom is -0.396 e. The van der Waals surface area contributed by atoms with Crippen molar-refractivity contribution in [3.8, 4) is 0 Å². The number of nitrogens with one attached hydrogen (secondary N) is 1. The van der Waals surface area contributed by atoms with E-state index in [-0.39, 0.29) is 17.8 Å². The summed E-state index contributed by atoms with van der Waals surface area (Å²) in [5.74, 6) is 0.155. The zero-order valence-electron chi connectivity index (χ0n) is 9.91. The lowest BCUT2D eigenvalue weighted by Gasteiger charge is -2.29. The maximum Gasteiger partial charge on any atom is 0.148 e. The van der Waals surface area contributed by atoms with Crippen molar-refractivity contribution < 1.29 is 13.5 Å². The molecule has 0 amide bonds. The van der Waals surface area contributed by atoms with Crippen molar-refractivity contribution in [3.63, 3.8) is 0 Å². The van der Waals surface area contributed by atoms with Crippen LogP contribution in [-0.4, -0.2) is 45.2 Å². The van der Waals surface area contributed by atoms with Gasteiger partial charge in [0.2, 0.25) is 0 Å². The molecule has 4 nitrogen and oxygen atoms in total. The standard InChI is InChI=1S/C10H23NO3S/c1-4-10(5-2,9-12)8-11-6-7-15(3,13)14/h11-12H,4-9H2,1-3H3. The normalized spacial score (nSPS) is 13.1. The average Bonchev–Trinajstić information content (AvgIpc) is 2.18. The molecule has 0 aromatic heterocycles. The van der Waals surface area contributed by atoms with Gasteiger partial charge >= 0.3 is 0 Å². The van der Waals surface area contributed by atoms with Crippen LogP contribution in [-0.2, 0) is 9.84 Å². The smallest absolute Gasteiger partial charge is 0.148 e. The summed E-state index contributed by atoms with van der Waals surface area (Å²) >= 11 is 0. The Morgan fingerprint density at radius 3 is 2.13 bits per heavy atom. The van der Waals surface area contributed by atoms with E-state index in [4.69, 9.17) is 0 Å². The van der Waals surface area contributed by atoms with E-state index in [0.717, 1.165) is 12.8 Å². The Bertz CT molecular complexity index is 250. The number of sulfone groups is 1. The van der Waals surface area contributed by atoms with Crippen LogP contribution in [0.3, 0.4) is 0 Å². The van der Waals surface area contributed by atoms with Crippen molar-refractivity contribution in [1.82, 2.24) is 5.32 Å². The molecule has 0 radical (unpaired) electrons. The first-order valence-corrected chi connectivity index (χ1v) is 7.44. The molecule has 0 aliphatic heterocycles. The molecule has 0 aliphatic rings. The molecular weight excluding hydrogens is 214 g/mol. The molecule has 2 N–H and O–H groups in total. The number of aliphatic hydroxyl groups excluding tert-OH is 1. The van der Waals surface area contributed by atoms with Crippen LogP contribution < -0.4 is 5.32 Å². The fourth-order valence-electron chi connectivity index (χ4n) is 1.39. The van der Waals surface area contributed by atoms with E-state index in [1.54, 1.807) is 0 Å². The van der Waals surface area contributed by atoms with Crippen LogP contribution in [0.1, 0.15) is 26.7 Å². The van der Waals surface area contributed by atoms with Gasteiger partial charge in [-0.25, -0.2) is 8.42 Å². The van der Waals surface area contributed by atoms with Crippen LogP contribution in [0.25, 0.3) is 0 Å². The quantitative estimate of drug-likeness (QED) is 0.600. The molecule has 0 aromatic rings. The largest absolute Gasteiger partial charge is 0.396 e.